The van der Waals surface area contributed by atoms with Crippen LogP contribution in [0, 0.1) is 12.3 Å². The summed E-state index contributed by atoms with van der Waals surface area (Å²) in [6, 6.07) is 7.15. The zero-order valence-electron chi connectivity index (χ0n) is 17.6. The van der Waals surface area contributed by atoms with Gasteiger partial charge in [0, 0.05) is 49.1 Å². The second-order valence-corrected chi connectivity index (χ2v) is 8.62. The van der Waals surface area contributed by atoms with Crippen molar-refractivity contribution in [2.75, 3.05) is 19.7 Å². The number of hydrogen-bond donors (Lipinski definition) is 1. The van der Waals surface area contributed by atoms with Gasteiger partial charge in [0.2, 0.25) is 11.8 Å². The molecule has 2 heterocycles. The number of piperidine rings is 1. The van der Waals surface area contributed by atoms with Crippen LogP contribution in [0.25, 0.3) is 0 Å². The summed E-state index contributed by atoms with van der Waals surface area (Å²) in [5.41, 5.74) is 7.20. The molecule has 1 atom stereocenters. The van der Waals surface area contributed by atoms with Gasteiger partial charge in [-0.25, -0.2) is 0 Å². The Kier molecular flexibility index (Phi) is 7.02. The molecule has 1 fully saturated rings. The quantitative estimate of drug-likeness (QED) is 0.694. The summed E-state index contributed by atoms with van der Waals surface area (Å²) in [5, 5.41) is 4.82. The van der Waals surface area contributed by atoms with Crippen LogP contribution in [0.3, 0.4) is 0 Å². The smallest absolute Gasteiger partial charge is 0.222 e. The summed E-state index contributed by atoms with van der Waals surface area (Å²) in [6.45, 7) is 3.45. The molecule has 30 heavy (non-hydrogen) atoms. The third-order valence-electron chi connectivity index (χ3n) is 5.85. The highest BCUT2D eigenvalue weighted by Gasteiger charge is 2.39. The molecule has 0 spiro atoms. The maximum atomic E-state index is 12.9. The Morgan fingerprint density at radius 1 is 1.37 bits per heavy atom. The monoisotopic (exact) mass is 432 g/mol. The first-order chi connectivity index (χ1) is 14.3. The average molecular weight is 433 g/mol. The van der Waals surface area contributed by atoms with Crippen molar-refractivity contribution in [1.29, 1.82) is 0 Å². The van der Waals surface area contributed by atoms with E-state index >= 15 is 0 Å². The van der Waals surface area contributed by atoms with Crippen LogP contribution in [0.1, 0.15) is 36.9 Å². The number of nitrogens with zero attached hydrogens (tertiary/aromatic N) is 3. The number of primary amides is 1. The molecule has 2 aromatic rings. The lowest BCUT2D eigenvalue weighted by Gasteiger charge is -2.42. The Labute approximate surface area is 182 Å². The number of carbonyl (C=O) groups excluding carboxylic acids is 2. The summed E-state index contributed by atoms with van der Waals surface area (Å²) < 4.78 is 7.78. The fourth-order valence-electron chi connectivity index (χ4n) is 4.09. The Morgan fingerprint density at radius 3 is 2.83 bits per heavy atom. The fraction of sp³-hybridized carbons (Fsp3) is 0.500. The minimum atomic E-state index is -0.494. The lowest BCUT2D eigenvalue weighted by molar-refractivity contribution is -0.137. The van der Waals surface area contributed by atoms with Crippen molar-refractivity contribution in [2.45, 2.75) is 39.0 Å². The second-order valence-electron chi connectivity index (χ2n) is 8.19. The Hall–Kier alpha value is -2.54. The SMILES string of the molecule is Cc1c(CCC(=O)N2CCC[C@@](COc3cccc(Cl)c3)(CC(N)=O)C2)cnn1C. The van der Waals surface area contributed by atoms with Crippen LogP contribution in [-0.4, -0.2) is 46.2 Å². The number of halogens is 1. The van der Waals surface area contributed by atoms with Crippen molar-refractivity contribution in [2.24, 2.45) is 18.2 Å². The van der Waals surface area contributed by atoms with Crippen molar-refractivity contribution >= 4 is 23.4 Å². The first-order valence-electron chi connectivity index (χ1n) is 10.2. The second kappa shape index (κ2) is 9.51. The summed E-state index contributed by atoms with van der Waals surface area (Å²) in [4.78, 5) is 26.6. The highest BCUT2D eigenvalue weighted by Crippen LogP contribution is 2.35. The third-order valence-corrected chi connectivity index (χ3v) is 6.08. The number of hydrogen-bond acceptors (Lipinski definition) is 4. The lowest BCUT2D eigenvalue weighted by Crippen LogP contribution is -2.50. The molecule has 2 N–H and O–H groups in total. The Balaban J connectivity index is 1.65. The number of ether oxygens (including phenoxy) is 1. The molecule has 1 aliphatic rings. The van der Waals surface area contributed by atoms with E-state index in [1.807, 2.05) is 41.9 Å². The molecular formula is C22H29ClN4O3. The van der Waals surface area contributed by atoms with Gasteiger partial charge >= 0.3 is 0 Å². The van der Waals surface area contributed by atoms with E-state index < -0.39 is 5.41 Å². The molecule has 2 amide bonds. The molecule has 0 saturated carbocycles. The van der Waals surface area contributed by atoms with Gasteiger partial charge in [0.1, 0.15) is 5.75 Å². The number of nitrogens with two attached hydrogens (primary N) is 1. The molecule has 1 saturated heterocycles. The van der Waals surface area contributed by atoms with Gasteiger partial charge in [0.25, 0.3) is 0 Å². The van der Waals surface area contributed by atoms with Crippen molar-refractivity contribution < 1.29 is 14.3 Å². The van der Waals surface area contributed by atoms with Crippen LogP contribution >= 0.6 is 11.6 Å². The zero-order valence-corrected chi connectivity index (χ0v) is 18.3. The molecular weight excluding hydrogens is 404 g/mol. The number of aromatic nitrogens is 2. The normalized spacial score (nSPS) is 19.0. The van der Waals surface area contributed by atoms with E-state index in [-0.39, 0.29) is 18.2 Å². The first-order valence-corrected chi connectivity index (χ1v) is 10.6. The highest BCUT2D eigenvalue weighted by atomic mass is 35.5. The van der Waals surface area contributed by atoms with Gasteiger partial charge in [-0.1, -0.05) is 17.7 Å². The minimum absolute atomic E-state index is 0.0783. The summed E-state index contributed by atoms with van der Waals surface area (Å²) in [5.74, 6) is 0.335. The van der Waals surface area contributed by atoms with Crippen LogP contribution < -0.4 is 10.5 Å². The molecule has 0 unspecified atom stereocenters. The highest BCUT2D eigenvalue weighted by molar-refractivity contribution is 6.30. The van der Waals surface area contributed by atoms with Crippen LogP contribution in [-0.2, 0) is 23.1 Å². The van der Waals surface area contributed by atoms with Gasteiger partial charge in [-0.15, -0.1) is 0 Å². The predicted octanol–water partition coefficient (Wildman–Crippen LogP) is 2.88. The van der Waals surface area contributed by atoms with Crippen LogP contribution in [0.2, 0.25) is 5.02 Å². The molecule has 0 bridgehead atoms. The van der Waals surface area contributed by atoms with E-state index in [1.54, 1.807) is 12.1 Å². The summed E-state index contributed by atoms with van der Waals surface area (Å²) in [6.07, 6.45) is 4.64. The van der Waals surface area contributed by atoms with Crippen LogP contribution in [0.15, 0.2) is 30.5 Å². The van der Waals surface area contributed by atoms with Crippen molar-refractivity contribution in [3.63, 3.8) is 0 Å². The fourth-order valence-corrected chi connectivity index (χ4v) is 4.27. The van der Waals surface area contributed by atoms with Crippen LogP contribution in [0.5, 0.6) is 5.75 Å². The molecule has 1 aromatic heterocycles. The summed E-state index contributed by atoms with van der Waals surface area (Å²) in [7, 11) is 1.89. The number of amides is 2. The number of benzene rings is 1. The number of carbonyl (C=O) groups is 2. The zero-order chi connectivity index (χ0) is 21.7. The van der Waals surface area contributed by atoms with E-state index in [4.69, 9.17) is 22.1 Å². The first kappa shape index (κ1) is 22.2. The average Bonchev–Trinajstić information content (AvgIpc) is 3.02. The van der Waals surface area contributed by atoms with Gasteiger partial charge < -0.3 is 15.4 Å². The number of likely N-dealkylation sites (tertiary alicyclic amines) is 1. The van der Waals surface area contributed by atoms with E-state index in [1.165, 1.54) is 0 Å². The van der Waals surface area contributed by atoms with Gasteiger partial charge in [-0.05, 0) is 49.9 Å². The molecule has 1 aromatic carbocycles. The number of aryl methyl sites for hydroxylation is 2. The summed E-state index contributed by atoms with van der Waals surface area (Å²) >= 11 is 6.04. The van der Waals surface area contributed by atoms with Crippen LogP contribution in [0.4, 0.5) is 0 Å². The third kappa shape index (κ3) is 5.53. The molecule has 0 aliphatic carbocycles. The van der Waals surface area contributed by atoms with E-state index in [0.29, 0.717) is 43.3 Å². The van der Waals surface area contributed by atoms with Gasteiger partial charge in [-0.3, -0.25) is 14.3 Å². The van der Waals surface area contributed by atoms with Gasteiger partial charge in [-0.2, -0.15) is 5.10 Å². The lowest BCUT2D eigenvalue weighted by atomic mass is 9.77. The molecule has 162 valence electrons. The largest absolute Gasteiger partial charge is 0.493 e. The van der Waals surface area contributed by atoms with E-state index in [9.17, 15) is 9.59 Å². The minimum Gasteiger partial charge on any atom is -0.493 e. The number of rotatable bonds is 8. The Morgan fingerprint density at radius 2 is 2.17 bits per heavy atom. The topological polar surface area (TPSA) is 90.4 Å². The van der Waals surface area contributed by atoms with Crippen molar-refractivity contribution in [3.05, 3.63) is 46.7 Å². The molecule has 8 heteroatoms. The predicted molar refractivity (Wildman–Crippen MR) is 115 cm³/mol. The molecule has 7 nitrogen and oxygen atoms in total. The molecule has 0 radical (unpaired) electrons. The van der Waals surface area contributed by atoms with E-state index in [0.717, 1.165) is 24.1 Å². The molecule has 3 rings (SSSR count). The van der Waals surface area contributed by atoms with Gasteiger partial charge in [0.15, 0.2) is 0 Å². The van der Waals surface area contributed by atoms with Gasteiger partial charge in [0.05, 0.1) is 12.8 Å². The van der Waals surface area contributed by atoms with Crippen molar-refractivity contribution in [3.8, 4) is 5.75 Å². The van der Waals surface area contributed by atoms with E-state index in [2.05, 4.69) is 5.10 Å². The Bertz CT molecular complexity index is 914. The maximum Gasteiger partial charge on any atom is 0.222 e. The maximum absolute atomic E-state index is 12.9. The standard InChI is InChI=1S/C22H29ClN4O3/c1-16-17(13-25-26(16)2)7-8-21(29)27-10-4-9-22(14-27,12-20(24)28)15-30-19-6-3-5-18(23)11-19/h3,5-6,11,13H,4,7-10,12,14-15H2,1-2H3,(H2,24,28)/t22-/m1/s1. The molecule has 1 aliphatic heterocycles. The van der Waals surface area contributed by atoms with Crippen molar-refractivity contribution in [1.82, 2.24) is 14.7 Å².